The number of hydrogen-bond donors (Lipinski definition) is 0. The van der Waals surface area contributed by atoms with Crippen molar-refractivity contribution in [2.75, 3.05) is 13.7 Å². The third kappa shape index (κ3) is 2.36. The average molecular weight is 192 g/mol. The molecule has 1 aromatic rings. The minimum absolute atomic E-state index is 0.434. The molecule has 0 aliphatic rings. The first kappa shape index (κ1) is 10.3. The zero-order chi connectivity index (χ0) is 10.4. The number of ether oxygens (including phenoxy) is 2. The van der Waals surface area contributed by atoms with E-state index in [1.807, 2.05) is 0 Å². The standard InChI is InChI=1S/C11H12O3/c1-3-6-14-10-5-4-9(8-12)11(7-10)13-2/h3-5,7-8H,1,6H2,2H3. The molecule has 0 radical (unpaired) electrons. The van der Waals surface area contributed by atoms with Crippen molar-refractivity contribution in [3.63, 3.8) is 0 Å². The van der Waals surface area contributed by atoms with Gasteiger partial charge in [-0.05, 0) is 12.1 Å². The molecule has 0 fully saturated rings. The van der Waals surface area contributed by atoms with Crippen molar-refractivity contribution in [3.8, 4) is 11.5 Å². The van der Waals surface area contributed by atoms with E-state index in [-0.39, 0.29) is 0 Å². The van der Waals surface area contributed by atoms with E-state index in [0.717, 1.165) is 6.29 Å². The zero-order valence-electron chi connectivity index (χ0n) is 8.03. The molecule has 0 aliphatic carbocycles. The molecule has 1 rings (SSSR count). The highest BCUT2D eigenvalue weighted by Gasteiger charge is 2.03. The summed E-state index contributed by atoms with van der Waals surface area (Å²) in [5.74, 6) is 1.17. The Labute approximate surface area is 83.0 Å². The van der Waals surface area contributed by atoms with Crippen LogP contribution in [-0.2, 0) is 0 Å². The lowest BCUT2D eigenvalue weighted by atomic mass is 10.2. The van der Waals surface area contributed by atoms with Gasteiger partial charge in [0, 0.05) is 6.07 Å². The lowest BCUT2D eigenvalue weighted by Gasteiger charge is -2.07. The summed E-state index contributed by atoms with van der Waals surface area (Å²) in [7, 11) is 1.51. The fourth-order valence-electron chi connectivity index (χ4n) is 1.03. The van der Waals surface area contributed by atoms with Crippen molar-refractivity contribution in [1.82, 2.24) is 0 Å². The number of carbonyl (C=O) groups is 1. The van der Waals surface area contributed by atoms with E-state index in [1.54, 1.807) is 24.3 Å². The van der Waals surface area contributed by atoms with Crippen LogP contribution in [-0.4, -0.2) is 20.0 Å². The van der Waals surface area contributed by atoms with Crippen LogP contribution in [0.4, 0.5) is 0 Å². The summed E-state index contributed by atoms with van der Waals surface area (Å²) < 4.78 is 10.3. The average Bonchev–Trinajstić information content (AvgIpc) is 2.25. The van der Waals surface area contributed by atoms with Crippen molar-refractivity contribution < 1.29 is 14.3 Å². The van der Waals surface area contributed by atoms with E-state index in [4.69, 9.17) is 9.47 Å². The van der Waals surface area contributed by atoms with Crippen LogP contribution >= 0.6 is 0 Å². The number of aldehydes is 1. The largest absolute Gasteiger partial charge is 0.496 e. The Balaban J connectivity index is 2.89. The highest BCUT2D eigenvalue weighted by atomic mass is 16.5. The minimum Gasteiger partial charge on any atom is -0.496 e. The van der Waals surface area contributed by atoms with Crippen LogP contribution < -0.4 is 9.47 Å². The molecule has 14 heavy (non-hydrogen) atoms. The molecule has 0 spiro atoms. The van der Waals surface area contributed by atoms with Gasteiger partial charge in [0.25, 0.3) is 0 Å². The van der Waals surface area contributed by atoms with Crippen LogP contribution in [0.2, 0.25) is 0 Å². The second-order valence-corrected chi connectivity index (χ2v) is 2.62. The van der Waals surface area contributed by atoms with E-state index in [9.17, 15) is 4.79 Å². The van der Waals surface area contributed by atoms with Gasteiger partial charge in [-0.1, -0.05) is 12.7 Å². The van der Waals surface area contributed by atoms with E-state index >= 15 is 0 Å². The summed E-state index contributed by atoms with van der Waals surface area (Å²) in [5, 5.41) is 0. The molecule has 74 valence electrons. The van der Waals surface area contributed by atoms with Crippen LogP contribution in [0.3, 0.4) is 0 Å². The Kier molecular flexibility index (Phi) is 3.73. The Morgan fingerprint density at radius 1 is 1.50 bits per heavy atom. The van der Waals surface area contributed by atoms with Crippen LogP contribution in [0.15, 0.2) is 30.9 Å². The van der Waals surface area contributed by atoms with Crippen LogP contribution in [0.5, 0.6) is 11.5 Å². The van der Waals surface area contributed by atoms with Crippen molar-refractivity contribution in [1.29, 1.82) is 0 Å². The molecule has 0 saturated heterocycles. The molecule has 3 nitrogen and oxygen atoms in total. The Morgan fingerprint density at radius 2 is 2.29 bits per heavy atom. The quantitative estimate of drug-likeness (QED) is 0.529. The maximum Gasteiger partial charge on any atom is 0.153 e. The van der Waals surface area contributed by atoms with E-state index in [2.05, 4.69) is 6.58 Å². The van der Waals surface area contributed by atoms with Gasteiger partial charge in [0.15, 0.2) is 6.29 Å². The van der Waals surface area contributed by atoms with Gasteiger partial charge in [-0.25, -0.2) is 0 Å². The van der Waals surface area contributed by atoms with Crippen LogP contribution in [0.25, 0.3) is 0 Å². The van der Waals surface area contributed by atoms with Crippen molar-refractivity contribution in [2.24, 2.45) is 0 Å². The number of benzene rings is 1. The third-order valence-corrected chi connectivity index (χ3v) is 1.70. The minimum atomic E-state index is 0.434. The van der Waals surface area contributed by atoms with Gasteiger partial charge >= 0.3 is 0 Å². The summed E-state index contributed by atoms with van der Waals surface area (Å²) in [4.78, 5) is 10.6. The molecule has 0 atom stereocenters. The number of hydrogen-bond acceptors (Lipinski definition) is 3. The van der Waals surface area contributed by atoms with E-state index in [1.165, 1.54) is 7.11 Å². The summed E-state index contributed by atoms with van der Waals surface area (Å²) in [6, 6.07) is 5.05. The van der Waals surface area contributed by atoms with E-state index in [0.29, 0.717) is 23.7 Å². The molecule has 0 amide bonds. The van der Waals surface area contributed by atoms with Crippen molar-refractivity contribution in [2.45, 2.75) is 0 Å². The third-order valence-electron chi connectivity index (χ3n) is 1.70. The van der Waals surface area contributed by atoms with Crippen LogP contribution in [0.1, 0.15) is 10.4 Å². The first-order chi connectivity index (χ1) is 6.81. The van der Waals surface area contributed by atoms with Gasteiger partial charge in [-0.2, -0.15) is 0 Å². The first-order valence-corrected chi connectivity index (χ1v) is 4.18. The number of rotatable bonds is 5. The van der Waals surface area contributed by atoms with Crippen molar-refractivity contribution in [3.05, 3.63) is 36.4 Å². The predicted octanol–water partition coefficient (Wildman–Crippen LogP) is 2.07. The Bertz CT molecular complexity index is 331. The molecule has 0 aromatic heterocycles. The summed E-state index contributed by atoms with van der Waals surface area (Å²) in [6.07, 6.45) is 2.40. The molecule has 0 aliphatic heterocycles. The Hall–Kier alpha value is -1.77. The molecule has 0 heterocycles. The zero-order valence-corrected chi connectivity index (χ0v) is 8.03. The van der Waals surface area contributed by atoms with Gasteiger partial charge in [-0.3, -0.25) is 4.79 Å². The van der Waals surface area contributed by atoms with Gasteiger partial charge in [0.2, 0.25) is 0 Å². The highest BCUT2D eigenvalue weighted by molar-refractivity contribution is 5.79. The maximum atomic E-state index is 10.6. The topological polar surface area (TPSA) is 35.5 Å². The summed E-state index contributed by atoms with van der Waals surface area (Å²) in [6.45, 7) is 3.97. The fraction of sp³-hybridized carbons (Fsp3) is 0.182. The van der Waals surface area contributed by atoms with Crippen molar-refractivity contribution >= 4 is 6.29 Å². The normalized spacial score (nSPS) is 9.21. The fourth-order valence-corrected chi connectivity index (χ4v) is 1.03. The summed E-state index contributed by atoms with van der Waals surface area (Å²) >= 11 is 0. The van der Waals surface area contributed by atoms with Gasteiger partial charge in [0.05, 0.1) is 12.7 Å². The Morgan fingerprint density at radius 3 is 2.86 bits per heavy atom. The monoisotopic (exact) mass is 192 g/mol. The van der Waals surface area contributed by atoms with Gasteiger partial charge in [-0.15, -0.1) is 0 Å². The lowest BCUT2D eigenvalue weighted by Crippen LogP contribution is -1.95. The number of methoxy groups -OCH3 is 1. The molecular weight excluding hydrogens is 180 g/mol. The molecular formula is C11H12O3. The number of carbonyl (C=O) groups excluding carboxylic acids is 1. The molecule has 0 unspecified atom stereocenters. The molecule has 3 heteroatoms. The molecule has 1 aromatic carbocycles. The van der Waals surface area contributed by atoms with Gasteiger partial charge < -0.3 is 9.47 Å². The van der Waals surface area contributed by atoms with Crippen LogP contribution in [0, 0.1) is 0 Å². The molecule has 0 saturated carbocycles. The first-order valence-electron chi connectivity index (χ1n) is 4.18. The molecule has 0 bridgehead atoms. The van der Waals surface area contributed by atoms with E-state index < -0.39 is 0 Å². The second kappa shape index (κ2) is 5.07. The summed E-state index contributed by atoms with van der Waals surface area (Å²) in [5.41, 5.74) is 0.512. The second-order valence-electron chi connectivity index (χ2n) is 2.62. The highest BCUT2D eigenvalue weighted by Crippen LogP contribution is 2.23. The molecule has 0 N–H and O–H groups in total. The predicted molar refractivity (Wildman–Crippen MR) is 54.1 cm³/mol. The van der Waals surface area contributed by atoms with Gasteiger partial charge in [0.1, 0.15) is 18.1 Å². The SMILES string of the molecule is C=CCOc1ccc(C=O)c(OC)c1. The lowest BCUT2D eigenvalue weighted by molar-refractivity contribution is 0.112. The maximum absolute atomic E-state index is 10.6. The smallest absolute Gasteiger partial charge is 0.153 e.